The maximum Gasteiger partial charge on any atom is 0.123 e. The van der Waals surface area contributed by atoms with Crippen molar-refractivity contribution in [2.75, 3.05) is 6.61 Å². The summed E-state index contributed by atoms with van der Waals surface area (Å²) >= 11 is 0. The van der Waals surface area contributed by atoms with Gasteiger partial charge in [-0.05, 0) is 24.1 Å². The van der Waals surface area contributed by atoms with Crippen LogP contribution in [0.15, 0.2) is 71.1 Å². The Hall–Kier alpha value is -1.76. The second kappa shape index (κ2) is 3.67. The Labute approximate surface area is 95.8 Å². The first-order chi connectivity index (χ1) is 7.90. The summed E-state index contributed by atoms with van der Waals surface area (Å²) < 4.78 is 5.68. The molecular formula is C15H14O. The van der Waals surface area contributed by atoms with Crippen LogP contribution in [-0.4, -0.2) is 6.61 Å². The van der Waals surface area contributed by atoms with Gasteiger partial charge in [0, 0.05) is 11.5 Å². The molecule has 80 valence electrons. The molecule has 1 unspecified atom stereocenters. The summed E-state index contributed by atoms with van der Waals surface area (Å²) in [4.78, 5) is 0. The average molecular weight is 210 g/mol. The molecule has 1 atom stereocenters. The highest BCUT2D eigenvalue weighted by molar-refractivity contribution is 5.59. The van der Waals surface area contributed by atoms with E-state index in [4.69, 9.17) is 4.74 Å². The van der Waals surface area contributed by atoms with Crippen LogP contribution < -0.4 is 0 Å². The normalized spacial score (nSPS) is 25.2. The summed E-state index contributed by atoms with van der Waals surface area (Å²) in [6.45, 7) is 2.74. The Morgan fingerprint density at radius 1 is 1.00 bits per heavy atom. The fourth-order valence-corrected chi connectivity index (χ4v) is 2.46. The van der Waals surface area contributed by atoms with Crippen molar-refractivity contribution >= 4 is 0 Å². The SMILES string of the molecule is CCOC1=C2C=CC=C3C=CC=C(C=C1)C32. The topological polar surface area (TPSA) is 9.23 Å². The molecule has 0 amide bonds. The summed E-state index contributed by atoms with van der Waals surface area (Å²) in [5.41, 5.74) is 4.01. The van der Waals surface area contributed by atoms with Crippen LogP contribution in [0.25, 0.3) is 0 Å². The number of allylic oxidation sites excluding steroid dienone is 11. The molecule has 0 saturated carbocycles. The fourth-order valence-electron chi connectivity index (χ4n) is 2.46. The summed E-state index contributed by atoms with van der Waals surface area (Å²) in [7, 11) is 0. The third kappa shape index (κ3) is 1.32. The van der Waals surface area contributed by atoms with Crippen LogP contribution in [0.5, 0.6) is 0 Å². The Morgan fingerprint density at radius 2 is 1.75 bits per heavy atom. The van der Waals surface area contributed by atoms with Gasteiger partial charge in [0.05, 0.1) is 6.61 Å². The van der Waals surface area contributed by atoms with Crippen LogP contribution in [0.1, 0.15) is 6.92 Å². The lowest BCUT2D eigenvalue weighted by Crippen LogP contribution is -2.17. The van der Waals surface area contributed by atoms with Gasteiger partial charge in [-0.3, -0.25) is 0 Å². The number of ether oxygens (including phenoxy) is 1. The maximum atomic E-state index is 5.68. The van der Waals surface area contributed by atoms with Gasteiger partial charge >= 0.3 is 0 Å². The zero-order valence-electron chi connectivity index (χ0n) is 9.31. The molecule has 0 N–H and O–H groups in total. The van der Waals surface area contributed by atoms with E-state index in [0.29, 0.717) is 5.92 Å². The van der Waals surface area contributed by atoms with Crippen LogP contribution >= 0.6 is 0 Å². The Morgan fingerprint density at radius 3 is 2.56 bits per heavy atom. The van der Waals surface area contributed by atoms with Crippen LogP contribution in [0, 0.1) is 5.92 Å². The van der Waals surface area contributed by atoms with E-state index in [9.17, 15) is 0 Å². The Bertz CT molecular complexity index is 488. The highest BCUT2D eigenvalue weighted by Crippen LogP contribution is 2.40. The standard InChI is InChI=1S/C15H14O/c1-2-16-14-10-9-12-6-3-5-11-7-4-8-13(14)15(11)12/h3-10,15H,2H2,1H3. The van der Waals surface area contributed by atoms with Gasteiger partial charge in [-0.1, -0.05) is 42.5 Å². The molecule has 3 aliphatic carbocycles. The largest absolute Gasteiger partial charge is 0.494 e. The van der Waals surface area contributed by atoms with E-state index >= 15 is 0 Å². The predicted molar refractivity (Wildman–Crippen MR) is 65.7 cm³/mol. The predicted octanol–water partition coefficient (Wildman–Crippen LogP) is 3.46. The van der Waals surface area contributed by atoms with E-state index < -0.39 is 0 Å². The molecule has 16 heavy (non-hydrogen) atoms. The van der Waals surface area contributed by atoms with E-state index in [2.05, 4.69) is 48.6 Å². The molecule has 0 radical (unpaired) electrons. The molecule has 0 aromatic carbocycles. The van der Waals surface area contributed by atoms with E-state index in [1.807, 2.05) is 6.92 Å². The van der Waals surface area contributed by atoms with Crippen molar-refractivity contribution in [2.45, 2.75) is 6.92 Å². The highest BCUT2D eigenvalue weighted by atomic mass is 16.5. The van der Waals surface area contributed by atoms with Gasteiger partial charge in [-0.25, -0.2) is 0 Å². The van der Waals surface area contributed by atoms with Crippen molar-refractivity contribution < 1.29 is 4.74 Å². The molecule has 0 heterocycles. The van der Waals surface area contributed by atoms with Gasteiger partial charge in [0.15, 0.2) is 0 Å². The molecule has 1 nitrogen and oxygen atoms in total. The second-order valence-electron chi connectivity index (χ2n) is 4.07. The van der Waals surface area contributed by atoms with Crippen molar-refractivity contribution in [1.82, 2.24) is 0 Å². The molecule has 0 saturated heterocycles. The number of hydrogen-bond acceptors (Lipinski definition) is 1. The smallest absolute Gasteiger partial charge is 0.123 e. The minimum Gasteiger partial charge on any atom is -0.494 e. The molecule has 1 heteroatoms. The van der Waals surface area contributed by atoms with Crippen molar-refractivity contribution in [2.24, 2.45) is 5.92 Å². The summed E-state index contributed by atoms with van der Waals surface area (Å²) in [5, 5.41) is 0. The third-order valence-electron chi connectivity index (χ3n) is 3.13. The number of hydrogen-bond donors (Lipinski definition) is 0. The van der Waals surface area contributed by atoms with Crippen molar-refractivity contribution in [3.05, 3.63) is 71.1 Å². The maximum absolute atomic E-state index is 5.68. The first-order valence-corrected chi connectivity index (χ1v) is 5.71. The zero-order valence-corrected chi connectivity index (χ0v) is 9.31. The first kappa shape index (κ1) is 9.46. The minimum absolute atomic E-state index is 0.390. The van der Waals surface area contributed by atoms with Crippen LogP contribution in [0.3, 0.4) is 0 Å². The van der Waals surface area contributed by atoms with Crippen molar-refractivity contribution in [3.8, 4) is 0 Å². The lowest BCUT2D eigenvalue weighted by Gasteiger charge is -2.30. The lowest BCUT2D eigenvalue weighted by molar-refractivity contribution is 0.237. The minimum atomic E-state index is 0.390. The third-order valence-corrected chi connectivity index (χ3v) is 3.13. The van der Waals surface area contributed by atoms with Gasteiger partial charge < -0.3 is 4.74 Å². The van der Waals surface area contributed by atoms with Gasteiger partial charge in [0.2, 0.25) is 0 Å². The zero-order chi connectivity index (χ0) is 11.0. The van der Waals surface area contributed by atoms with Gasteiger partial charge in [-0.2, -0.15) is 0 Å². The summed E-state index contributed by atoms with van der Waals surface area (Å²) in [5.74, 6) is 1.41. The molecule has 3 aliphatic rings. The molecule has 3 rings (SSSR count). The van der Waals surface area contributed by atoms with Crippen LogP contribution in [0.4, 0.5) is 0 Å². The van der Waals surface area contributed by atoms with Crippen molar-refractivity contribution in [1.29, 1.82) is 0 Å². The molecular weight excluding hydrogens is 196 g/mol. The first-order valence-electron chi connectivity index (χ1n) is 5.71. The van der Waals surface area contributed by atoms with Crippen LogP contribution in [-0.2, 0) is 4.74 Å². The van der Waals surface area contributed by atoms with E-state index in [1.165, 1.54) is 16.7 Å². The van der Waals surface area contributed by atoms with Crippen molar-refractivity contribution in [3.63, 3.8) is 0 Å². The van der Waals surface area contributed by atoms with E-state index in [1.54, 1.807) is 0 Å². The van der Waals surface area contributed by atoms with Gasteiger partial charge in [-0.15, -0.1) is 0 Å². The fraction of sp³-hybridized carbons (Fsp3) is 0.200. The molecule has 0 aliphatic heterocycles. The summed E-state index contributed by atoms with van der Waals surface area (Å²) in [6, 6.07) is 0. The van der Waals surface area contributed by atoms with E-state index in [0.717, 1.165) is 12.4 Å². The second-order valence-corrected chi connectivity index (χ2v) is 4.07. The van der Waals surface area contributed by atoms with Gasteiger partial charge in [0.25, 0.3) is 0 Å². The molecule has 0 spiro atoms. The van der Waals surface area contributed by atoms with Gasteiger partial charge in [0.1, 0.15) is 5.76 Å². The van der Waals surface area contributed by atoms with E-state index in [-0.39, 0.29) is 0 Å². The molecule has 0 fully saturated rings. The molecule has 0 aromatic rings. The summed E-state index contributed by atoms with van der Waals surface area (Å²) in [6.07, 6.45) is 17.2. The Kier molecular flexibility index (Phi) is 2.17. The molecule has 0 aromatic heterocycles. The average Bonchev–Trinajstić information content (AvgIpc) is 2.33. The lowest BCUT2D eigenvalue weighted by atomic mass is 9.76. The number of rotatable bonds is 2. The monoisotopic (exact) mass is 210 g/mol. The highest BCUT2D eigenvalue weighted by Gasteiger charge is 2.28. The van der Waals surface area contributed by atoms with Crippen LogP contribution in [0.2, 0.25) is 0 Å². The quantitative estimate of drug-likeness (QED) is 0.678. The Balaban J connectivity index is 2.12. The molecule has 0 bridgehead atoms.